The van der Waals surface area contributed by atoms with Gasteiger partial charge in [-0.2, -0.15) is 0 Å². The molecule has 0 spiro atoms. The summed E-state index contributed by atoms with van der Waals surface area (Å²) in [6.45, 7) is 2.37. The van der Waals surface area contributed by atoms with Crippen molar-refractivity contribution in [1.82, 2.24) is 9.80 Å². The Morgan fingerprint density at radius 3 is 2.31 bits per heavy atom. The molecule has 0 aliphatic heterocycles. The summed E-state index contributed by atoms with van der Waals surface area (Å²) in [5.41, 5.74) is 6.74. The van der Waals surface area contributed by atoms with E-state index in [2.05, 4.69) is 4.90 Å². The van der Waals surface area contributed by atoms with Gasteiger partial charge < -0.3 is 15.5 Å². The van der Waals surface area contributed by atoms with Crippen LogP contribution in [0, 0.1) is 5.41 Å². The lowest BCUT2D eigenvalue weighted by atomic mass is 10.2. The van der Waals surface area contributed by atoms with E-state index in [1.165, 1.54) is 5.56 Å². The summed E-state index contributed by atoms with van der Waals surface area (Å²) in [6.07, 6.45) is 0. The van der Waals surface area contributed by atoms with Gasteiger partial charge in [0, 0.05) is 19.6 Å². The smallest absolute Gasteiger partial charge is 0.188 e. The first-order valence-corrected chi connectivity index (χ1v) is 5.37. The molecule has 88 valence electrons. The van der Waals surface area contributed by atoms with Crippen LogP contribution in [0.25, 0.3) is 0 Å². The number of nitrogens with one attached hydrogen (secondary N) is 1. The molecule has 0 radical (unpaired) electrons. The third-order valence-corrected chi connectivity index (χ3v) is 2.37. The van der Waals surface area contributed by atoms with Crippen LogP contribution in [-0.2, 0) is 6.54 Å². The maximum atomic E-state index is 7.53. The standard InChI is InChI=1S/C12H20N4/c1-15(2)8-9-16(12(13)14)10-11-6-4-3-5-7-11/h3-7H,8-10H2,1-2H3,(H3,13,14). The minimum Gasteiger partial charge on any atom is -0.370 e. The van der Waals surface area contributed by atoms with Gasteiger partial charge in [-0.15, -0.1) is 0 Å². The predicted octanol–water partition coefficient (Wildman–Crippen LogP) is 0.944. The number of benzene rings is 1. The molecule has 0 saturated heterocycles. The molecule has 0 amide bonds. The quantitative estimate of drug-likeness (QED) is 0.573. The minimum absolute atomic E-state index is 0.130. The van der Waals surface area contributed by atoms with Gasteiger partial charge in [-0.25, -0.2) is 0 Å². The monoisotopic (exact) mass is 220 g/mol. The maximum absolute atomic E-state index is 7.53. The molecule has 0 heterocycles. The van der Waals surface area contributed by atoms with Crippen LogP contribution in [0.15, 0.2) is 30.3 Å². The van der Waals surface area contributed by atoms with Gasteiger partial charge in [0.05, 0.1) is 0 Å². The van der Waals surface area contributed by atoms with Crippen LogP contribution < -0.4 is 5.73 Å². The molecule has 0 unspecified atom stereocenters. The zero-order chi connectivity index (χ0) is 12.0. The Hall–Kier alpha value is -1.55. The molecule has 16 heavy (non-hydrogen) atoms. The fraction of sp³-hybridized carbons (Fsp3) is 0.417. The van der Waals surface area contributed by atoms with Gasteiger partial charge in [-0.1, -0.05) is 30.3 Å². The van der Waals surface area contributed by atoms with Crippen LogP contribution in [-0.4, -0.2) is 42.9 Å². The SMILES string of the molecule is CN(C)CCN(Cc1ccccc1)C(=N)N. The maximum Gasteiger partial charge on any atom is 0.188 e. The van der Waals surface area contributed by atoms with Crippen LogP contribution in [0.2, 0.25) is 0 Å². The Balaban J connectivity index is 2.55. The summed E-state index contributed by atoms with van der Waals surface area (Å²) in [6, 6.07) is 10.1. The average Bonchev–Trinajstić information content (AvgIpc) is 2.25. The normalized spacial score (nSPS) is 10.4. The van der Waals surface area contributed by atoms with Gasteiger partial charge in [-0.3, -0.25) is 5.41 Å². The van der Waals surface area contributed by atoms with E-state index in [-0.39, 0.29) is 5.96 Å². The number of hydrogen-bond acceptors (Lipinski definition) is 2. The third-order valence-electron chi connectivity index (χ3n) is 2.37. The molecule has 0 fully saturated rings. The Morgan fingerprint density at radius 1 is 1.19 bits per heavy atom. The van der Waals surface area contributed by atoms with Gasteiger partial charge in [0.15, 0.2) is 5.96 Å². The first-order valence-electron chi connectivity index (χ1n) is 5.37. The number of hydrogen-bond donors (Lipinski definition) is 2. The number of likely N-dealkylation sites (N-methyl/N-ethyl adjacent to an activating group) is 1. The topological polar surface area (TPSA) is 56.4 Å². The van der Waals surface area contributed by atoms with Crippen molar-refractivity contribution in [2.45, 2.75) is 6.54 Å². The zero-order valence-electron chi connectivity index (χ0n) is 9.98. The molecule has 1 rings (SSSR count). The molecule has 1 aromatic carbocycles. The largest absolute Gasteiger partial charge is 0.370 e. The minimum atomic E-state index is 0.130. The molecule has 4 heteroatoms. The molecular formula is C12H20N4. The summed E-state index contributed by atoms with van der Waals surface area (Å²) in [5.74, 6) is 0.130. The molecule has 3 N–H and O–H groups in total. The van der Waals surface area contributed by atoms with Gasteiger partial charge in [0.25, 0.3) is 0 Å². The van der Waals surface area contributed by atoms with E-state index < -0.39 is 0 Å². The lowest BCUT2D eigenvalue weighted by Crippen LogP contribution is -2.40. The summed E-state index contributed by atoms with van der Waals surface area (Å²) >= 11 is 0. The van der Waals surface area contributed by atoms with E-state index >= 15 is 0 Å². The van der Waals surface area contributed by atoms with Crippen molar-refractivity contribution in [3.8, 4) is 0 Å². The number of nitrogens with zero attached hydrogens (tertiary/aromatic N) is 2. The third kappa shape index (κ3) is 4.31. The molecule has 4 nitrogen and oxygen atoms in total. The summed E-state index contributed by atoms with van der Waals surface area (Å²) in [5, 5.41) is 7.53. The van der Waals surface area contributed by atoms with Crippen molar-refractivity contribution in [2.24, 2.45) is 5.73 Å². The van der Waals surface area contributed by atoms with Crippen LogP contribution in [0.4, 0.5) is 0 Å². The fourth-order valence-electron chi connectivity index (χ4n) is 1.41. The van der Waals surface area contributed by atoms with Crippen LogP contribution in [0.5, 0.6) is 0 Å². The molecule has 0 saturated carbocycles. The van der Waals surface area contributed by atoms with Gasteiger partial charge in [0.2, 0.25) is 0 Å². The lowest BCUT2D eigenvalue weighted by molar-refractivity contribution is 0.322. The van der Waals surface area contributed by atoms with Crippen LogP contribution in [0.1, 0.15) is 5.56 Å². The molecular weight excluding hydrogens is 200 g/mol. The Kier molecular flexibility index (Phi) is 4.79. The van der Waals surface area contributed by atoms with E-state index in [0.29, 0.717) is 6.54 Å². The van der Waals surface area contributed by atoms with Gasteiger partial charge in [0.1, 0.15) is 0 Å². The van der Waals surface area contributed by atoms with E-state index in [1.807, 2.05) is 49.3 Å². The number of nitrogens with two attached hydrogens (primary N) is 1. The van der Waals surface area contributed by atoms with E-state index in [1.54, 1.807) is 0 Å². The van der Waals surface area contributed by atoms with Gasteiger partial charge in [-0.05, 0) is 19.7 Å². The molecule has 1 aromatic rings. The highest BCUT2D eigenvalue weighted by Gasteiger charge is 2.07. The van der Waals surface area contributed by atoms with Crippen molar-refractivity contribution < 1.29 is 0 Å². The molecule has 0 bridgehead atoms. The first kappa shape index (κ1) is 12.5. The highest BCUT2D eigenvalue weighted by atomic mass is 15.2. The van der Waals surface area contributed by atoms with Gasteiger partial charge >= 0.3 is 0 Å². The van der Waals surface area contributed by atoms with E-state index in [0.717, 1.165) is 13.1 Å². The van der Waals surface area contributed by atoms with Crippen LogP contribution >= 0.6 is 0 Å². The second-order valence-corrected chi connectivity index (χ2v) is 4.10. The number of rotatable bonds is 5. The molecule has 0 atom stereocenters. The van der Waals surface area contributed by atoms with Crippen molar-refractivity contribution >= 4 is 5.96 Å². The van der Waals surface area contributed by atoms with Crippen molar-refractivity contribution in [3.63, 3.8) is 0 Å². The number of guanidine groups is 1. The Morgan fingerprint density at radius 2 is 1.81 bits per heavy atom. The lowest BCUT2D eigenvalue weighted by Gasteiger charge is -2.24. The highest BCUT2D eigenvalue weighted by molar-refractivity contribution is 5.74. The fourth-order valence-corrected chi connectivity index (χ4v) is 1.41. The molecule has 0 aromatic heterocycles. The second kappa shape index (κ2) is 6.12. The predicted molar refractivity (Wildman–Crippen MR) is 67.3 cm³/mol. The van der Waals surface area contributed by atoms with E-state index in [9.17, 15) is 0 Å². The summed E-state index contributed by atoms with van der Waals surface area (Å²) in [7, 11) is 4.03. The van der Waals surface area contributed by atoms with Crippen molar-refractivity contribution in [2.75, 3.05) is 27.2 Å². The first-order chi connectivity index (χ1) is 7.59. The molecule has 0 aliphatic rings. The zero-order valence-corrected chi connectivity index (χ0v) is 9.98. The van der Waals surface area contributed by atoms with E-state index in [4.69, 9.17) is 11.1 Å². The second-order valence-electron chi connectivity index (χ2n) is 4.10. The average molecular weight is 220 g/mol. The Bertz CT molecular complexity index is 321. The Labute approximate surface area is 97.2 Å². The highest BCUT2D eigenvalue weighted by Crippen LogP contribution is 2.03. The van der Waals surface area contributed by atoms with Crippen LogP contribution in [0.3, 0.4) is 0 Å². The van der Waals surface area contributed by atoms with Crippen molar-refractivity contribution in [3.05, 3.63) is 35.9 Å². The molecule has 0 aliphatic carbocycles. The van der Waals surface area contributed by atoms with Crippen molar-refractivity contribution in [1.29, 1.82) is 5.41 Å². The summed E-state index contributed by atoms with van der Waals surface area (Å²) < 4.78 is 0. The summed E-state index contributed by atoms with van der Waals surface area (Å²) in [4.78, 5) is 3.95.